The molecule has 1 N–H and O–H groups in total. The number of hydrogen-bond donors (Lipinski definition) is 1. The van der Waals surface area contributed by atoms with E-state index in [0.717, 1.165) is 31.5 Å². The van der Waals surface area contributed by atoms with Crippen LogP contribution in [-0.4, -0.2) is 60.6 Å². The third-order valence-electron chi connectivity index (χ3n) is 4.61. The number of rotatable bonds is 5. The normalized spacial score (nSPS) is 17.0. The Kier molecular flexibility index (Phi) is 8.98. The lowest BCUT2D eigenvalue weighted by atomic mass is 9.99. The summed E-state index contributed by atoms with van der Waals surface area (Å²) in [5.74, 6) is 1.86. The average molecular weight is 433 g/mol. The van der Waals surface area contributed by atoms with Gasteiger partial charge in [-0.15, -0.1) is 24.0 Å². The van der Waals surface area contributed by atoms with Crippen molar-refractivity contribution >= 4 is 29.9 Å². The van der Waals surface area contributed by atoms with E-state index in [-0.39, 0.29) is 24.0 Å². The van der Waals surface area contributed by atoms with Crippen LogP contribution in [0.5, 0.6) is 0 Å². The highest BCUT2D eigenvalue weighted by Gasteiger charge is 2.15. The van der Waals surface area contributed by atoms with Gasteiger partial charge in [0.25, 0.3) is 0 Å². The molecular weight excluding hydrogens is 401 g/mol. The number of hydrogen-bond acceptors (Lipinski definition) is 2. The molecule has 0 unspecified atom stereocenters. The Morgan fingerprint density at radius 2 is 2.09 bits per heavy atom. The van der Waals surface area contributed by atoms with E-state index < -0.39 is 0 Å². The summed E-state index contributed by atoms with van der Waals surface area (Å²) in [7, 11) is 6.02. The predicted octanol–water partition coefficient (Wildman–Crippen LogP) is 2.38. The summed E-state index contributed by atoms with van der Waals surface area (Å²) in [6.07, 6.45) is 4.75. The van der Waals surface area contributed by atoms with Crippen molar-refractivity contribution in [2.24, 2.45) is 18.0 Å². The van der Waals surface area contributed by atoms with Crippen LogP contribution in [0.3, 0.4) is 0 Å². The Balaban J connectivity index is 0.00000264. The SMILES string of the molecule is CN=C(NCCN1CCC(C)CC1)N(C)Cc1cccn1C.I. The van der Waals surface area contributed by atoms with Crippen molar-refractivity contribution in [1.29, 1.82) is 0 Å². The van der Waals surface area contributed by atoms with Crippen LogP contribution in [0.15, 0.2) is 23.3 Å². The van der Waals surface area contributed by atoms with Gasteiger partial charge in [0.1, 0.15) is 0 Å². The van der Waals surface area contributed by atoms with Crippen LogP contribution in [0.4, 0.5) is 0 Å². The molecule has 2 rings (SSSR count). The number of piperidine rings is 1. The van der Waals surface area contributed by atoms with E-state index in [1.54, 1.807) is 0 Å². The summed E-state index contributed by atoms with van der Waals surface area (Å²) in [4.78, 5) is 9.12. The van der Waals surface area contributed by atoms with Gasteiger partial charge in [-0.05, 0) is 44.0 Å². The number of aromatic nitrogens is 1. The van der Waals surface area contributed by atoms with Gasteiger partial charge in [-0.3, -0.25) is 4.99 Å². The Morgan fingerprint density at radius 1 is 1.39 bits per heavy atom. The number of guanidine groups is 1. The fraction of sp³-hybridized carbons (Fsp3) is 0.706. The molecule has 1 aliphatic heterocycles. The highest BCUT2D eigenvalue weighted by molar-refractivity contribution is 14.0. The van der Waals surface area contributed by atoms with Crippen molar-refractivity contribution in [3.63, 3.8) is 0 Å². The summed E-state index contributed by atoms with van der Waals surface area (Å²) in [6.45, 7) is 7.75. The van der Waals surface area contributed by atoms with E-state index in [1.165, 1.54) is 31.6 Å². The van der Waals surface area contributed by atoms with Gasteiger partial charge < -0.3 is 19.7 Å². The summed E-state index contributed by atoms with van der Waals surface area (Å²) < 4.78 is 2.15. The number of nitrogens with one attached hydrogen (secondary N) is 1. The van der Waals surface area contributed by atoms with Crippen LogP contribution in [0.2, 0.25) is 0 Å². The number of nitrogens with zero attached hydrogens (tertiary/aromatic N) is 4. The number of aryl methyl sites for hydroxylation is 1. The lowest BCUT2D eigenvalue weighted by Crippen LogP contribution is -2.43. The van der Waals surface area contributed by atoms with Gasteiger partial charge in [-0.1, -0.05) is 6.92 Å². The van der Waals surface area contributed by atoms with E-state index >= 15 is 0 Å². The molecule has 6 heteroatoms. The molecule has 1 fully saturated rings. The zero-order valence-electron chi connectivity index (χ0n) is 15.0. The van der Waals surface area contributed by atoms with Gasteiger partial charge in [0, 0.05) is 46.1 Å². The minimum Gasteiger partial charge on any atom is -0.355 e. The Hall–Kier alpha value is -0.760. The van der Waals surface area contributed by atoms with Crippen molar-refractivity contribution in [2.75, 3.05) is 40.3 Å². The van der Waals surface area contributed by atoms with Crippen LogP contribution < -0.4 is 5.32 Å². The first-order valence-corrected chi connectivity index (χ1v) is 8.34. The maximum absolute atomic E-state index is 4.40. The summed E-state index contributed by atoms with van der Waals surface area (Å²) in [5.41, 5.74) is 1.29. The third kappa shape index (κ3) is 6.33. The lowest BCUT2D eigenvalue weighted by molar-refractivity contribution is 0.195. The Morgan fingerprint density at radius 3 is 2.65 bits per heavy atom. The molecule has 132 valence electrons. The van der Waals surface area contributed by atoms with Gasteiger partial charge in [0.2, 0.25) is 0 Å². The molecule has 0 saturated carbocycles. The number of likely N-dealkylation sites (tertiary alicyclic amines) is 1. The van der Waals surface area contributed by atoms with Crippen LogP contribution in [0.1, 0.15) is 25.5 Å². The van der Waals surface area contributed by atoms with E-state index in [2.05, 4.69) is 64.0 Å². The summed E-state index contributed by atoms with van der Waals surface area (Å²) in [5, 5.41) is 3.48. The molecule has 1 saturated heterocycles. The standard InChI is InChI=1S/C17H31N5.HI/c1-15-7-11-22(12-8-15)13-9-19-17(18-2)21(4)14-16-6-5-10-20(16)3;/h5-6,10,15H,7-9,11-14H2,1-4H3,(H,18,19);1H. The summed E-state index contributed by atoms with van der Waals surface area (Å²) >= 11 is 0. The topological polar surface area (TPSA) is 35.8 Å². The first kappa shape index (κ1) is 20.3. The van der Waals surface area contributed by atoms with Gasteiger partial charge in [0.15, 0.2) is 5.96 Å². The van der Waals surface area contributed by atoms with Crippen molar-refractivity contribution in [1.82, 2.24) is 19.7 Å². The molecule has 0 atom stereocenters. The first-order valence-electron chi connectivity index (χ1n) is 8.34. The molecule has 23 heavy (non-hydrogen) atoms. The fourth-order valence-corrected chi connectivity index (χ4v) is 2.97. The molecule has 0 aromatic carbocycles. The third-order valence-corrected chi connectivity index (χ3v) is 4.61. The van der Waals surface area contributed by atoms with E-state index in [9.17, 15) is 0 Å². The minimum atomic E-state index is 0. The molecule has 1 aromatic heterocycles. The van der Waals surface area contributed by atoms with Crippen molar-refractivity contribution in [3.8, 4) is 0 Å². The van der Waals surface area contributed by atoms with Crippen LogP contribution in [-0.2, 0) is 13.6 Å². The smallest absolute Gasteiger partial charge is 0.193 e. The largest absolute Gasteiger partial charge is 0.355 e. The Bertz CT molecular complexity index is 477. The molecule has 1 aromatic rings. The molecule has 0 radical (unpaired) electrons. The maximum atomic E-state index is 4.40. The van der Waals surface area contributed by atoms with E-state index in [4.69, 9.17) is 0 Å². The van der Waals surface area contributed by atoms with Crippen molar-refractivity contribution in [2.45, 2.75) is 26.3 Å². The molecule has 1 aliphatic rings. The molecule has 0 bridgehead atoms. The van der Waals surface area contributed by atoms with Gasteiger partial charge >= 0.3 is 0 Å². The number of halogens is 1. The van der Waals surface area contributed by atoms with Crippen molar-refractivity contribution in [3.05, 3.63) is 24.0 Å². The molecule has 0 aliphatic carbocycles. The van der Waals surface area contributed by atoms with Gasteiger partial charge in [-0.25, -0.2) is 0 Å². The maximum Gasteiger partial charge on any atom is 0.193 e. The van der Waals surface area contributed by atoms with Gasteiger partial charge in [0.05, 0.1) is 6.54 Å². The number of aliphatic imine (C=N–C) groups is 1. The highest BCUT2D eigenvalue weighted by Crippen LogP contribution is 2.15. The quantitative estimate of drug-likeness (QED) is 0.440. The average Bonchev–Trinajstić information content (AvgIpc) is 2.90. The monoisotopic (exact) mass is 433 g/mol. The van der Waals surface area contributed by atoms with Crippen LogP contribution >= 0.6 is 24.0 Å². The second-order valence-corrected chi connectivity index (χ2v) is 6.46. The van der Waals surface area contributed by atoms with Crippen LogP contribution in [0.25, 0.3) is 0 Å². The zero-order valence-corrected chi connectivity index (χ0v) is 17.3. The van der Waals surface area contributed by atoms with Gasteiger partial charge in [-0.2, -0.15) is 0 Å². The van der Waals surface area contributed by atoms with Crippen molar-refractivity contribution < 1.29 is 0 Å². The Labute approximate surface area is 158 Å². The van der Waals surface area contributed by atoms with E-state index in [1.807, 2.05) is 7.05 Å². The van der Waals surface area contributed by atoms with E-state index in [0.29, 0.717) is 0 Å². The lowest BCUT2D eigenvalue weighted by Gasteiger charge is -2.30. The summed E-state index contributed by atoms with van der Waals surface area (Å²) in [6, 6.07) is 4.23. The highest BCUT2D eigenvalue weighted by atomic mass is 127. The predicted molar refractivity (Wildman–Crippen MR) is 108 cm³/mol. The molecule has 0 spiro atoms. The molecular formula is C17H32IN5. The van der Waals surface area contributed by atoms with Crippen LogP contribution in [0, 0.1) is 5.92 Å². The second kappa shape index (κ2) is 10.2. The molecule has 2 heterocycles. The second-order valence-electron chi connectivity index (χ2n) is 6.46. The fourth-order valence-electron chi connectivity index (χ4n) is 2.97. The molecule has 5 nitrogen and oxygen atoms in total. The molecule has 0 amide bonds. The first-order chi connectivity index (χ1) is 10.6. The minimum absolute atomic E-state index is 0. The zero-order chi connectivity index (χ0) is 15.9.